The average molecular weight is 411 g/mol. The van der Waals surface area contributed by atoms with Gasteiger partial charge < -0.3 is 14.4 Å². The fourth-order valence-corrected chi connectivity index (χ4v) is 4.53. The van der Waals surface area contributed by atoms with Gasteiger partial charge in [0.2, 0.25) is 0 Å². The van der Waals surface area contributed by atoms with Crippen molar-refractivity contribution < 1.29 is 23.9 Å². The number of nitrogens with zero attached hydrogens (tertiary/aromatic N) is 3. The van der Waals surface area contributed by atoms with E-state index in [-0.39, 0.29) is 35.5 Å². The molecule has 8 heteroatoms. The number of hydrazone groups is 1. The number of carbonyl (C=O) groups is 3. The predicted octanol–water partition coefficient (Wildman–Crippen LogP) is 1.83. The largest absolute Gasteiger partial charge is 0.478 e. The third kappa shape index (κ3) is 3.26. The van der Waals surface area contributed by atoms with Crippen LogP contribution in [0, 0.1) is 23.7 Å². The first-order valence-corrected chi connectivity index (χ1v) is 9.97. The molecule has 0 spiro atoms. The summed E-state index contributed by atoms with van der Waals surface area (Å²) in [7, 11) is 5.07. The number of hydrogen-bond donors (Lipinski definition) is 0. The Bertz CT molecular complexity index is 924. The van der Waals surface area contributed by atoms with Gasteiger partial charge in [-0.3, -0.25) is 9.59 Å². The van der Waals surface area contributed by atoms with Crippen molar-refractivity contribution in [2.24, 2.45) is 28.8 Å². The summed E-state index contributed by atoms with van der Waals surface area (Å²) < 4.78 is 10.5. The molecule has 2 aliphatic carbocycles. The average Bonchev–Trinajstić information content (AvgIpc) is 3.40. The van der Waals surface area contributed by atoms with Crippen LogP contribution in [0.5, 0.6) is 5.75 Å². The van der Waals surface area contributed by atoms with Gasteiger partial charge in [-0.05, 0) is 37.3 Å². The number of hydrogen-bond acceptors (Lipinski definition) is 7. The van der Waals surface area contributed by atoms with E-state index in [1.54, 1.807) is 19.1 Å². The summed E-state index contributed by atoms with van der Waals surface area (Å²) in [5.74, 6) is -0.905. The van der Waals surface area contributed by atoms with Gasteiger partial charge in [0.15, 0.2) is 6.10 Å². The van der Waals surface area contributed by atoms with Gasteiger partial charge in [0.05, 0.1) is 25.2 Å². The van der Waals surface area contributed by atoms with Gasteiger partial charge in [-0.2, -0.15) is 10.1 Å². The van der Waals surface area contributed by atoms with Gasteiger partial charge in [-0.1, -0.05) is 12.2 Å². The van der Waals surface area contributed by atoms with Crippen LogP contribution in [0.25, 0.3) is 0 Å². The standard InChI is InChI=1S/C22H25N3O5/c1-12(22(28)29-4)30-17-10-16(24(2)3)8-7-15(17)11-23-25-20(26)18-13-5-6-14(9-13)19(18)21(25)27/h5-8,10-14,18-19H,9H2,1-4H3/t12-,13-,14-,18-,19+/m0/s1. The minimum Gasteiger partial charge on any atom is -0.478 e. The molecule has 30 heavy (non-hydrogen) atoms. The van der Waals surface area contributed by atoms with Crippen molar-refractivity contribution in [2.75, 3.05) is 26.1 Å². The Hall–Kier alpha value is -3.16. The molecule has 1 aromatic carbocycles. The summed E-state index contributed by atoms with van der Waals surface area (Å²) in [6.07, 6.45) is 5.58. The molecular weight excluding hydrogens is 386 g/mol. The summed E-state index contributed by atoms with van der Waals surface area (Å²) in [4.78, 5) is 39.3. The lowest BCUT2D eigenvalue weighted by molar-refractivity contribution is -0.148. The number of methoxy groups -OCH3 is 1. The molecule has 1 aliphatic heterocycles. The molecule has 1 saturated heterocycles. The van der Waals surface area contributed by atoms with E-state index in [0.29, 0.717) is 11.3 Å². The van der Waals surface area contributed by atoms with Crippen LogP contribution in [0.15, 0.2) is 35.5 Å². The second kappa shape index (κ2) is 7.59. The highest BCUT2D eigenvalue weighted by molar-refractivity contribution is 6.07. The van der Waals surface area contributed by atoms with Gasteiger partial charge in [-0.15, -0.1) is 0 Å². The number of fused-ring (bicyclic) bond motifs is 5. The molecule has 0 aromatic heterocycles. The molecule has 3 aliphatic rings. The Morgan fingerprint density at radius 3 is 2.40 bits per heavy atom. The fourth-order valence-electron chi connectivity index (χ4n) is 4.53. The first kappa shape index (κ1) is 20.1. The molecule has 2 amide bonds. The number of esters is 1. The zero-order chi connectivity index (χ0) is 21.6. The number of imide groups is 1. The van der Waals surface area contributed by atoms with Crippen LogP contribution in [0.3, 0.4) is 0 Å². The van der Waals surface area contributed by atoms with Crippen molar-refractivity contribution in [3.8, 4) is 5.75 Å². The summed E-state index contributed by atoms with van der Waals surface area (Å²) in [6.45, 7) is 1.59. The monoisotopic (exact) mass is 411 g/mol. The van der Waals surface area contributed by atoms with Gasteiger partial charge >= 0.3 is 5.97 Å². The van der Waals surface area contributed by atoms with E-state index in [1.807, 2.05) is 37.2 Å². The third-order valence-corrected chi connectivity index (χ3v) is 6.11. The van der Waals surface area contributed by atoms with Crippen molar-refractivity contribution in [3.63, 3.8) is 0 Å². The molecule has 8 nitrogen and oxygen atoms in total. The normalized spacial score (nSPS) is 27.7. The topological polar surface area (TPSA) is 88.5 Å². The lowest BCUT2D eigenvalue weighted by atomic mass is 9.85. The second-order valence-corrected chi connectivity index (χ2v) is 8.13. The van der Waals surface area contributed by atoms with Crippen molar-refractivity contribution in [2.45, 2.75) is 19.4 Å². The maximum absolute atomic E-state index is 12.8. The van der Waals surface area contributed by atoms with E-state index in [1.165, 1.54) is 13.3 Å². The van der Waals surface area contributed by atoms with Gasteiger partial charge in [0, 0.05) is 31.4 Å². The van der Waals surface area contributed by atoms with Crippen molar-refractivity contribution in [1.82, 2.24) is 5.01 Å². The van der Waals surface area contributed by atoms with Crippen LogP contribution in [0.1, 0.15) is 18.9 Å². The van der Waals surface area contributed by atoms with E-state index in [0.717, 1.165) is 17.1 Å². The highest BCUT2D eigenvalue weighted by atomic mass is 16.6. The van der Waals surface area contributed by atoms with E-state index in [9.17, 15) is 14.4 Å². The van der Waals surface area contributed by atoms with E-state index >= 15 is 0 Å². The Kier molecular flexibility index (Phi) is 5.09. The van der Waals surface area contributed by atoms with Gasteiger partial charge in [0.1, 0.15) is 5.75 Å². The Balaban J connectivity index is 1.59. The fraction of sp³-hybridized carbons (Fsp3) is 0.455. The second-order valence-electron chi connectivity index (χ2n) is 8.13. The highest BCUT2D eigenvalue weighted by Gasteiger charge is 2.59. The van der Waals surface area contributed by atoms with Crippen LogP contribution >= 0.6 is 0 Å². The lowest BCUT2D eigenvalue weighted by Gasteiger charge is -2.18. The minimum atomic E-state index is -0.823. The zero-order valence-corrected chi connectivity index (χ0v) is 17.4. The minimum absolute atomic E-state index is 0.135. The highest BCUT2D eigenvalue weighted by Crippen LogP contribution is 2.52. The summed E-state index contributed by atoms with van der Waals surface area (Å²) in [6, 6.07) is 5.41. The number of allylic oxidation sites excluding steroid dienone is 2. The van der Waals surface area contributed by atoms with Gasteiger partial charge in [-0.25, -0.2) is 4.79 Å². The van der Waals surface area contributed by atoms with Crippen molar-refractivity contribution >= 4 is 29.7 Å². The van der Waals surface area contributed by atoms with E-state index in [2.05, 4.69) is 5.10 Å². The van der Waals surface area contributed by atoms with Gasteiger partial charge in [0.25, 0.3) is 11.8 Å². The number of anilines is 1. The number of amides is 2. The smallest absolute Gasteiger partial charge is 0.346 e. The van der Waals surface area contributed by atoms with Crippen molar-refractivity contribution in [1.29, 1.82) is 0 Å². The molecule has 2 fully saturated rings. The molecule has 4 rings (SSSR count). The molecule has 158 valence electrons. The third-order valence-electron chi connectivity index (χ3n) is 6.11. The van der Waals surface area contributed by atoms with Crippen LogP contribution in [-0.2, 0) is 19.1 Å². The molecule has 2 bridgehead atoms. The maximum atomic E-state index is 12.8. The van der Waals surface area contributed by atoms with E-state index < -0.39 is 12.1 Å². The van der Waals surface area contributed by atoms with Crippen LogP contribution < -0.4 is 9.64 Å². The molecule has 0 radical (unpaired) electrons. The first-order valence-electron chi connectivity index (χ1n) is 9.97. The number of benzene rings is 1. The lowest BCUT2D eigenvalue weighted by Crippen LogP contribution is -2.28. The SMILES string of the molecule is COC(=O)[C@H](C)Oc1cc(N(C)C)ccc1C=NN1C(=O)[C@@H]2[C@H](C1=O)[C@H]1C=C[C@H]2C1. The predicted molar refractivity (Wildman–Crippen MR) is 110 cm³/mol. The Labute approximate surface area is 175 Å². The first-order chi connectivity index (χ1) is 14.3. The van der Waals surface area contributed by atoms with Crippen LogP contribution in [0.2, 0.25) is 0 Å². The number of ether oxygens (including phenoxy) is 2. The van der Waals surface area contributed by atoms with Crippen molar-refractivity contribution in [3.05, 3.63) is 35.9 Å². The molecule has 1 saturated carbocycles. The van der Waals surface area contributed by atoms with Crippen LogP contribution in [0.4, 0.5) is 5.69 Å². The maximum Gasteiger partial charge on any atom is 0.346 e. The molecule has 1 heterocycles. The zero-order valence-electron chi connectivity index (χ0n) is 17.4. The molecule has 0 N–H and O–H groups in total. The molecule has 1 aromatic rings. The summed E-state index contributed by atoms with van der Waals surface area (Å²) in [5.41, 5.74) is 1.42. The summed E-state index contributed by atoms with van der Waals surface area (Å²) >= 11 is 0. The Morgan fingerprint density at radius 2 is 1.83 bits per heavy atom. The molecular formula is C22H25N3O5. The van der Waals surface area contributed by atoms with E-state index in [4.69, 9.17) is 9.47 Å². The van der Waals surface area contributed by atoms with Crippen LogP contribution in [-0.4, -0.2) is 56.3 Å². The molecule has 0 unspecified atom stereocenters. The number of carbonyl (C=O) groups excluding carboxylic acids is 3. The number of rotatable bonds is 6. The quantitative estimate of drug-likeness (QED) is 0.307. The Morgan fingerprint density at radius 1 is 1.20 bits per heavy atom. The summed E-state index contributed by atoms with van der Waals surface area (Å²) in [5, 5.41) is 5.21. The molecule has 5 atom stereocenters.